The van der Waals surface area contributed by atoms with E-state index in [1.54, 1.807) is 0 Å². The van der Waals surface area contributed by atoms with E-state index >= 15 is 0 Å². The average molecular weight is 328 g/mol. The second-order valence-electron chi connectivity index (χ2n) is 9.78. The zero-order valence-corrected chi connectivity index (χ0v) is 15.7. The Morgan fingerprint density at radius 1 is 1.12 bits per heavy atom. The van der Waals surface area contributed by atoms with Crippen molar-refractivity contribution in [2.75, 3.05) is 0 Å². The predicted octanol–water partition coefficient (Wildman–Crippen LogP) is 4.97. The highest BCUT2D eigenvalue weighted by Gasteiger charge is 2.60. The summed E-state index contributed by atoms with van der Waals surface area (Å²) in [7, 11) is 0. The normalized spacial score (nSPS) is 50.6. The third-order valence-corrected chi connectivity index (χ3v) is 8.77. The van der Waals surface area contributed by atoms with Gasteiger partial charge in [-0.25, -0.2) is 0 Å². The molecule has 0 aromatic heterocycles. The minimum Gasteiger partial charge on any atom is -0.300 e. The van der Waals surface area contributed by atoms with Crippen molar-refractivity contribution in [2.24, 2.45) is 40.4 Å². The summed E-state index contributed by atoms with van der Waals surface area (Å²) >= 11 is 0. The Balaban J connectivity index is 1.71. The summed E-state index contributed by atoms with van der Waals surface area (Å²) in [5.74, 6) is 3.75. The fourth-order valence-electron chi connectivity index (χ4n) is 7.65. The van der Waals surface area contributed by atoms with Gasteiger partial charge in [0, 0.05) is 12.3 Å². The van der Waals surface area contributed by atoms with Gasteiger partial charge in [0.25, 0.3) is 0 Å². The van der Waals surface area contributed by atoms with Gasteiger partial charge in [-0.2, -0.15) is 0 Å². The van der Waals surface area contributed by atoms with Crippen molar-refractivity contribution in [3.8, 4) is 0 Å². The van der Waals surface area contributed by atoms with E-state index in [1.807, 2.05) is 13.0 Å². The van der Waals surface area contributed by atoms with Crippen LogP contribution in [0.4, 0.5) is 0 Å². The maximum Gasteiger partial charge on any atom is 0.155 e. The van der Waals surface area contributed by atoms with Gasteiger partial charge in [0.1, 0.15) is 5.78 Å². The zero-order valence-electron chi connectivity index (χ0n) is 15.7. The van der Waals surface area contributed by atoms with Crippen molar-refractivity contribution in [1.29, 1.82) is 0 Å². The summed E-state index contributed by atoms with van der Waals surface area (Å²) in [5, 5.41) is 0. The highest BCUT2D eigenvalue weighted by atomic mass is 16.1. The van der Waals surface area contributed by atoms with Gasteiger partial charge in [0.05, 0.1) is 0 Å². The van der Waals surface area contributed by atoms with Crippen LogP contribution in [0.2, 0.25) is 0 Å². The summed E-state index contributed by atoms with van der Waals surface area (Å²) < 4.78 is 0. The molecule has 0 aromatic carbocycles. The summed E-state index contributed by atoms with van der Waals surface area (Å²) in [5.41, 5.74) is 1.91. The van der Waals surface area contributed by atoms with Crippen LogP contribution in [-0.2, 0) is 9.59 Å². The van der Waals surface area contributed by atoms with Crippen molar-refractivity contribution in [2.45, 2.75) is 72.6 Å². The molecule has 24 heavy (non-hydrogen) atoms. The Morgan fingerprint density at radius 2 is 1.88 bits per heavy atom. The summed E-state index contributed by atoms with van der Waals surface area (Å²) in [6, 6.07) is 0. The SMILES string of the molecule is CC(=O)C1CCC2C3C[C@H](C)C4=CC(=O)CCC4(C)C3CCC12C. The molecular formula is C22H32O2. The number of Topliss-reactive ketones (excluding diaryl/α,β-unsaturated/α-hetero) is 1. The molecule has 0 heterocycles. The Labute approximate surface area is 146 Å². The molecule has 2 nitrogen and oxygen atoms in total. The van der Waals surface area contributed by atoms with Crippen LogP contribution in [0.25, 0.3) is 0 Å². The van der Waals surface area contributed by atoms with Gasteiger partial charge >= 0.3 is 0 Å². The molecule has 0 radical (unpaired) electrons. The molecule has 0 amide bonds. The van der Waals surface area contributed by atoms with E-state index in [0.29, 0.717) is 23.4 Å². The smallest absolute Gasteiger partial charge is 0.155 e. The van der Waals surface area contributed by atoms with Gasteiger partial charge < -0.3 is 0 Å². The number of fused-ring (bicyclic) bond motifs is 5. The number of rotatable bonds is 1. The molecule has 3 saturated carbocycles. The lowest BCUT2D eigenvalue weighted by Gasteiger charge is -2.59. The molecule has 0 aliphatic heterocycles. The van der Waals surface area contributed by atoms with E-state index in [1.165, 1.54) is 31.3 Å². The molecule has 4 aliphatic rings. The number of carbonyl (C=O) groups is 2. The third-order valence-electron chi connectivity index (χ3n) is 8.77. The monoisotopic (exact) mass is 328 g/mol. The first kappa shape index (κ1) is 16.5. The minimum atomic E-state index is 0.228. The van der Waals surface area contributed by atoms with Crippen molar-refractivity contribution in [1.82, 2.24) is 0 Å². The second kappa shape index (κ2) is 5.29. The van der Waals surface area contributed by atoms with E-state index in [4.69, 9.17) is 0 Å². The van der Waals surface area contributed by atoms with E-state index in [-0.39, 0.29) is 16.7 Å². The van der Waals surface area contributed by atoms with Crippen molar-refractivity contribution >= 4 is 11.6 Å². The van der Waals surface area contributed by atoms with Gasteiger partial charge in [0.15, 0.2) is 5.78 Å². The molecule has 0 N–H and O–H groups in total. The van der Waals surface area contributed by atoms with E-state index in [0.717, 1.165) is 31.1 Å². The average Bonchev–Trinajstić information content (AvgIpc) is 2.87. The Hall–Kier alpha value is -0.920. The zero-order chi connectivity index (χ0) is 17.3. The number of carbonyl (C=O) groups excluding carboxylic acids is 2. The van der Waals surface area contributed by atoms with E-state index in [9.17, 15) is 9.59 Å². The Kier molecular flexibility index (Phi) is 3.64. The summed E-state index contributed by atoms with van der Waals surface area (Å²) in [6.45, 7) is 9.00. The van der Waals surface area contributed by atoms with Crippen LogP contribution in [0.3, 0.4) is 0 Å². The first-order valence-electron chi connectivity index (χ1n) is 10.0. The molecule has 4 aliphatic carbocycles. The fraction of sp³-hybridized carbons (Fsp3) is 0.818. The number of hydrogen-bond donors (Lipinski definition) is 0. The predicted molar refractivity (Wildman–Crippen MR) is 95.4 cm³/mol. The van der Waals surface area contributed by atoms with E-state index < -0.39 is 0 Å². The molecule has 0 saturated heterocycles. The molecule has 0 aromatic rings. The van der Waals surface area contributed by atoms with Crippen LogP contribution in [0, 0.1) is 40.4 Å². The quantitative estimate of drug-likeness (QED) is 0.681. The lowest BCUT2D eigenvalue weighted by Crippen LogP contribution is -2.52. The number of hydrogen-bond acceptors (Lipinski definition) is 2. The van der Waals surface area contributed by atoms with E-state index in [2.05, 4.69) is 20.8 Å². The van der Waals surface area contributed by atoms with Crippen LogP contribution in [-0.4, -0.2) is 11.6 Å². The molecule has 132 valence electrons. The summed E-state index contributed by atoms with van der Waals surface area (Å²) in [6.07, 6.45) is 9.80. The first-order valence-corrected chi connectivity index (χ1v) is 10.0. The molecule has 6 unspecified atom stereocenters. The fourth-order valence-corrected chi connectivity index (χ4v) is 7.65. The van der Waals surface area contributed by atoms with Gasteiger partial charge in [0.2, 0.25) is 0 Å². The highest BCUT2D eigenvalue weighted by Crippen LogP contribution is 2.67. The lowest BCUT2D eigenvalue weighted by molar-refractivity contribution is -0.129. The standard InChI is InChI=1S/C22H32O2/c1-13-11-16-18-6-5-17(14(2)23)21(18,3)10-8-19(16)22(4)9-7-15(24)12-20(13)22/h12-13,16-19H,5-11H2,1-4H3/t13-,16?,17?,18?,19?,21?,22?/m0/s1. The number of ketones is 2. The lowest BCUT2D eigenvalue weighted by atomic mass is 9.45. The van der Waals surface area contributed by atoms with Crippen LogP contribution < -0.4 is 0 Å². The number of allylic oxidation sites excluding steroid dienone is 1. The Bertz CT molecular complexity index is 617. The molecule has 4 rings (SSSR count). The van der Waals surface area contributed by atoms with Gasteiger partial charge in [-0.05, 0) is 86.0 Å². The molecule has 0 spiro atoms. The van der Waals surface area contributed by atoms with Gasteiger partial charge in [-0.3, -0.25) is 9.59 Å². The first-order chi connectivity index (χ1) is 11.3. The molecule has 7 atom stereocenters. The highest BCUT2D eigenvalue weighted by molar-refractivity contribution is 5.91. The van der Waals surface area contributed by atoms with Crippen LogP contribution >= 0.6 is 0 Å². The third kappa shape index (κ3) is 2.07. The van der Waals surface area contributed by atoms with Gasteiger partial charge in [-0.1, -0.05) is 26.3 Å². The second-order valence-corrected chi connectivity index (χ2v) is 9.78. The molecule has 3 fully saturated rings. The minimum absolute atomic E-state index is 0.228. The van der Waals surface area contributed by atoms with Gasteiger partial charge in [-0.15, -0.1) is 0 Å². The molecule has 0 bridgehead atoms. The Morgan fingerprint density at radius 3 is 2.58 bits per heavy atom. The topological polar surface area (TPSA) is 34.1 Å². The maximum atomic E-state index is 12.2. The van der Waals surface area contributed by atoms with Crippen LogP contribution in [0.15, 0.2) is 11.6 Å². The maximum absolute atomic E-state index is 12.2. The largest absolute Gasteiger partial charge is 0.300 e. The van der Waals surface area contributed by atoms with Crippen molar-refractivity contribution in [3.05, 3.63) is 11.6 Å². The van der Waals surface area contributed by atoms with Crippen molar-refractivity contribution < 1.29 is 9.59 Å². The van der Waals surface area contributed by atoms with Crippen molar-refractivity contribution in [3.63, 3.8) is 0 Å². The molecular weight excluding hydrogens is 296 g/mol. The molecule has 2 heteroatoms. The van der Waals surface area contributed by atoms with Crippen LogP contribution in [0.5, 0.6) is 0 Å². The summed E-state index contributed by atoms with van der Waals surface area (Å²) in [4.78, 5) is 24.2. The van der Waals surface area contributed by atoms with Crippen LogP contribution in [0.1, 0.15) is 72.6 Å².